The molecule has 0 saturated heterocycles. The number of pyridine rings is 1. The second-order valence-electron chi connectivity index (χ2n) is 3.84. The first-order chi connectivity index (χ1) is 9.18. The number of nitrogens with zero attached hydrogens (tertiary/aromatic N) is 2. The van der Waals surface area contributed by atoms with Crippen molar-refractivity contribution in [3.63, 3.8) is 0 Å². The fraction of sp³-hybridized carbons (Fsp3) is 0. The lowest BCUT2D eigenvalue weighted by Crippen LogP contribution is -2.31. The van der Waals surface area contributed by atoms with Gasteiger partial charge in [0.2, 0.25) is 0 Å². The van der Waals surface area contributed by atoms with E-state index >= 15 is 0 Å². The number of phenolic OH excluding ortho intramolecular Hbond substituents is 1. The number of aromatic hydroxyl groups is 1. The molecule has 0 bridgehead atoms. The molecular weight excluding hydrogens is 240 g/mol. The maximum Gasteiger partial charge on any atom is 0.197 e. The summed E-state index contributed by atoms with van der Waals surface area (Å²) in [5.74, 6) is 0.0492. The van der Waals surface area contributed by atoms with E-state index in [0.29, 0.717) is 11.3 Å². The molecule has 19 heavy (non-hydrogen) atoms. The van der Waals surface area contributed by atoms with Crippen LogP contribution < -0.4 is 10.6 Å². The highest BCUT2D eigenvalue weighted by Crippen LogP contribution is 2.19. The van der Waals surface area contributed by atoms with Crippen LogP contribution in [0.3, 0.4) is 0 Å². The maximum absolute atomic E-state index is 9.67. The van der Waals surface area contributed by atoms with E-state index in [-0.39, 0.29) is 11.7 Å². The Kier molecular flexibility index (Phi) is 3.78. The van der Waals surface area contributed by atoms with Crippen LogP contribution in [0.1, 0.15) is 5.56 Å². The molecule has 0 spiro atoms. The SMILES string of the molecule is N=C(N)N(C=Cc1ccccc1O)c1cccnc1. The van der Waals surface area contributed by atoms with Crippen LogP contribution in [0.25, 0.3) is 6.08 Å². The molecular formula is C14H14N4O. The van der Waals surface area contributed by atoms with Gasteiger partial charge in [0.1, 0.15) is 5.75 Å². The molecule has 0 radical (unpaired) electrons. The number of aromatic nitrogens is 1. The molecule has 0 aliphatic heterocycles. The molecule has 0 unspecified atom stereocenters. The van der Waals surface area contributed by atoms with Gasteiger partial charge in [0.05, 0.1) is 11.9 Å². The largest absolute Gasteiger partial charge is 0.507 e. The third-order valence-electron chi connectivity index (χ3n) is 2.52. The topological polar surface area (TPSA) is 86.2 Å². The summed E-state index contributed by atoms with van der Waals surface area (Å²) in [5.41, 5.74) is 6.87. The van der Waals surface area contributed by atoms with Crippen LogP contribution in [0.2, 0.25) is 0 Å². The second kappa shape index (κ2) is 5.68. The summed E-state index contributed by atoms with van der Waals surface area (Å²) in [6, 6.07) is 10.5. The van der Waals surface area contributed by atoms with Crippen molar-refractivity contribution in [3.05, 3.63) is 60.6 Å². The minimum absolute atomic E-state index is 0.125. The molecule has 5 heteroatoms. The monoisotopic (exact) mass is 254 g/mol. The number of para-hydroxylation sites is 1. The van der Waals surface area contributed by atoms with Gasteiger partial charge in [-0.15, -0.1) is 0 Å². The Bertz CT molecular complexity index is 595. The molecule has 0 aliphatic rings. The number of hydrogen-bond donors (Lipinski definition) is 3. The van der Waals surface area contributed by atoms with Crippen molar-refractivity contribution in [2.24, 2.45) is 5.73 Å². The summed E-state index contributed by atoms with van der Waals surface area (Å²) < 4.78 is 0. The molecule has 2 aromatic rings. The third kappa shape index (κ3) is 3.10. The van der Waals surface area contributed by atoms with Crippen LogP contribution in [0.5, 0.6) is 5.75 Å². The Labute approximate surface area is 111 Å². The van der Waals surface area contributed by atoms with Gasteiger partial charge in [-0.3, -0.25) is 15.3 Å². The number of benzene rings is 1. The molecule has 2 rings (SSSR count). The van der Waals surface area contributed by atoms with Crippen molar-refractivity contribution in [2.75, 3.05) is 4.90 Å². The Morgan fingerprint density at radius 1 is 1.26 bits per heavy atom. The van der Waals surface area contributed by atoms with E-state index in [2.05, 4.69) is 4.98 Å². The lowest BCUT2D eigenvalue weighted by molar-refractivity contribution is 0.474. The molecule has 0 amide bonds. The van der Waals surface area contributed by atoms with Crippen LogP contribution >= 0.6 is 0 Å². The number of anilines is 1. The molecule has 0 atom stereocenters. The van der Waals surface area contributed by atoms with Gasteiger partial charge in [-0.05, 0) is 24.3 Å². The van der Waals surface area contributed by atoms with E-state index in [1.165, 1.54) is 4.90 Å². The average Bonchev–Trinajstić information content (AvgIpc) is 2.42. The van der Waals surface area contributed by atoms with E-state index in [0.717, 1.165) is 0 Å². The lowest BCUT2D eigenvalue weighted by atomic mass is 10.2. The van der Waals surface area contributed by atoms with Gasteiger partial charge in [-0.1, -0.05) is 18.2 Å². The quantitative estimate of drug-likeness (QED) is 0.578. The number of phenols is 1. The molecule has 0 saturated carbocycles. The molecule has 1 aromatic heterocycles. The number of guanidine groups is 1. The molecule has 0 fully saturated rings. The Morgan fingerprint density at radius 3 is 2.68 bits per heavy atom. The van der Waals surface area contributed by atoms with Crippen molar-refractivity contribution in [3.8, 4) is 5.75 Å². The van der Waals surface area contributed by atoms with Crippen LogP contribution in [0.4, 0.5) is 5.69 Å². The molecule has 1 heterocycles. The summed E-state index contributed by atoms with van der Waals surface area (Å²) in [5, 5.41) is 17.2. The first kappa shape index (κ1) is 12.6. The third-order valence-corrected chi connectivity index (χ3v) is 2.52. The van der Waals surface area contributed by atoms with E-state index in [9.17, 15) is 5.11 Å². The molecule has 0 aliphatic carbocycles. The zero-order valence-electron chi connectivity index (χ0n) is 10.2. The highest BCUT2D eigenvalue weighted by Gasteiger charge is 2.05. The van der Waals surface area contributed by atoms with Gasteiger partial charge >= 0.3 is 0 Å². The lowest BCUT2D eigenvalue weighted by Gasteiger charge is -2.17. The first-order valence-corrected chi connectivity index (χ1v) is 5.68. The summed E-state index contributed by atoms with van der Waals surface area (Å²) >= 11 is 0. The average molecular weight is 254 g/mol. The summed E-state index contributed by atoms with van der Waals surface area (Å²) in [4.78, 5) is 5.46. The van der Waals surface area contributed by atoms with Crippen LogP contribution in [0, 0.1) is 5.41 Å². The van der Waals surface area contributed by atoms with Crippen LogP contribution in [-0.2, 0) is 0 Å². The summed E-state index contributed by atoms with van der Waals surface area (Å²) in [7, 11) is 0. The Morgan fingerprint density at radius 2 is 2.05 bits per heavy atom. The minimum atomic E-state index is -0.125. The number of rotatable bonds is 3. The van der Waals surface area contributed by atoms with E-state index in [1.807, 2.05) is 6.07 Å². The van der Waals surface area contributed by atoms with Crippen molar-refractivity contribution in [2.45, 2.75) is 0 Å². The predicted octanol–water partition coefficient (Wildman–Crippen LogP) is 2.16. The van der Waals surface area contributed by atoms with Gasteiger partial charge in [0.25, 0.3) is 0 Å². The van der Waals surface area contributed by atoms with Crippen molar-refractivity contribution in [1.29, 1.82) is 5.41 Å². The zero-order valence-corrected chi connectivity index (χ0v) is 10.2. The van der Waals surface area contributed by atoms with Gasteiger partial charge in [0.15, 0.2) is 5.96 Å². The molecule has 4 N–H and O–H groups in total. The summed E-state index contributed by atoms with van der Waals surface area (Å²) in [6.45, 7) is 0. The minimum Gasteiger partial charge on any atom is -0.507 e. The van der Waals surface area contributed by atoms with Gasteiger partial charge in [-0.2, -0.15) is 0 Å². The highest BCUT2D eigenvalue weighted by atomic mass is 16.3. The fourth-order valence-electron chi connectivity index (χ4n) is 1.59. The van der Waals surface area contributed by atoms with E-state index < -0.39 is 0 Å². The highest BCUT2D eigenvalue weighted by molar-refractivity contribution is 5.95. The van der Waals surface area contributed by atoms with E-state index in [1.54, 1.807) is 55.0 Å². The van der Waals surface area contributed by atoms with Crippen molar-refractivity contribution in [1.82, 2.24) is 4.98 Å². The fourth-order valence-corrected chi connectivity index (χ4v) is 1.59. The summed E-state index contributed by atoms with van der Waals surface area (Å²) in [6.07, 6.45) is 6.56. The smallest absolute Gasteiger partial charge is 0.197 e. The maximum atomic E-state index is 9.67. The van der Waals surface area contributed by atoms with E-state index in [4.69, 9.17) is 11.1 Å². The Balaban J connectivity index is 2.28. The van der Waals surface area contributed by atoms with Crippen LogP contribution in [-0.4, -0.2) is 16.1 Å². The predicted molar refractivity (Wildman–Crippen MR) is 75.8 cm³/mol. The van der Waals surface area contributed by atoms with Gasteiger partial charge in [-0.25, -0.2) is 0 Å². The van der Waals surface area contributed by atoms with Gasteiger partial charge < -0.3 is 10.8 Å². The molecule has 5 nitrogen and oxygen atoms in total. The standard InChI is InChI=1S/C14H14N4O/c15-14(16)18(12-5-3-8-17-10-12)9-7-11-4-1-2-6-13(11)19/h1-10,19H,(H3,15,16). The number of nitrogens with two attached hydrogens (primary N) is 1. The van der Waals surface area contributed by atoms with Crippen LogP contribution in [0.15, 0.2) is 55.0 Å². The van der Waals surface area contributed by atoms with Crippen molar-refractivity contribution >= 4 is 17.7 Å². The van der Waals surface area contributed by atoms with Gasteiger partial charge in [0, 0.05) is 18.0 Å². The first-order valence-electron chi connectivity index (χ1n) is 5.68. The Hall–Kier alpha value is -2.82. The molecule has 1 aromatic carbocycles. The normalized spacial score (nSPS) is 10.5. The van der Waals surface area contributed by atoms with Crippen molar-refractivity contribution < 1.29 is 5.11 Å². The number of nitrogens with one attached hydrogen (secondary N) is 1. The second-order valence-corrected chi connectivity index (χ2v) is 3.84. The zero-order chi connectivity index (χ0) is 13.7. The molecule has 96 valence electrons. The number of hydrogen-bond acceptors (Lipinski definition) is 3.